The van der Waals surface area contributed by atoms with Crippen molar-refractivity contribution in [1.29, 1.82) is 0 Å². The van der Waals surface area contributed by atoms with Crippen LogP contribution in [0.3, 0.4) is 0 Å². The van der Waals surface area contributed by atoms with Crippen LogP contribution in [0.1, 0.15) is 12.0 Å². The van der Waals surface area contributed by atoms with Crippen molar-refractivity contribution in [3.05, 3.63) is 39.9 Å². The molecule has 0 aliphatic carbocycles. The molecule has 0 atom stereocenters. The average Bonchev–Trinajstić information content (AvgIpc) is 2.61. The first-order valence-electron chi connectivity index (χ1n) is 4.51. The van der Waals surface area contributed by atoms with E-state index < -0.39 is 0 Å². The van der Waals surface area contributed by atoms with E-state index in [1.54, 1.807) is 0 Å². The number of nitrogens with one attached hydrogen (secondary N) is 1. The van der Waals surface area contributed by atoms with Gasteiger partial charge in [-0.3, -0.25) is 0 Å². The predicted molar refractivity (Wildman–Crippen MR) is 59.6 cm³/mol. The van der Waals surface area contributed by atoms with E-state index in [-0.39, 0.29) is 0 Å². The molecule has 1 fully saturated rings. The van der Waals surface area contributed by atoms with Crippen LogP contribution in [0.15, 0.2) is 34.3 Å². The van der Waals surface area contributed by atoms with Crippen molar-refractivity contribution in [1.82, 2.24) is 5.32 Å². The normalized spacial score (nSPS) is 19.6. The molecule has 2 rings (SSSR count). The highest BCUT2D eigenvalue weighted by Crippen LogP contribution is 2.20. The summed E-state index contributed by atoms with van der Waals surface area (Å²) >= 11 is 3.54. The zero-order valence-corrected chi connectivity index (χ0v) is 8.97. The third kappa shape index (κ3) is 2.20. The second kappa shape index (κ2) is 4.07. The molecule has 0 amide bonds. The minimum atomic E-state index is 1.04. The van der Waals surface area contributed by atoms with Gasteiger partial charge in [-0.1, -0.05) is 45.8 Å². The molecule has 68 valence electrons. The van der Waals surface area contributed by atoms with E-state index in [1.807, 2.05) is 6.07 Å². The van der Waals surface area contributed by atoms with E-state index in [4.69, 9.17) is 0 Å². The lowest BCUT2D eigenvalue weighted by molar-refractivity contribution is 0.862. The van der Waals surface area contributed by atoms with Crippen LogP contribution in [0.2, 0.25) is 0 Å². The van der Waals surface area contributed by atoms with Gasteiger partial charge in [0.15, 0.2) is 0 Å². The second-order valence-electron chi connectivity index (χ2n) is 3.25. The number of hydrogen-bond donors (Lipinski definition) is 1. The molecule has 1 nitrogen and oxygen atoms in total. The first kappa shape index (κ1) is 8.97. The van der Waals surface area contributed by atoms with E-state index in [1.165, 1.54) is 22.0 Å². The third-order valence-electron chi connectivity index (χ3n) is 2.24. The first-order valence-corrected chi connectivity index (χ1v) is 5.30. The number of halogens is 1. The molecule has 1 heterocycles. The standard InChI is InChI=1S/C11H12BrN/c12-11-4-2-1-3-10(11)7-9-5-6-13-8-9/h1-4,7,13H,5-6,8H2. The van der Waals surface area contributed by atoms with Gasteiger partial charge in [-0.15, -0.1) is 0 Å². The molecular weight excluding hydrogens is 226 g/mol. The van der Waals surface area contributed by atoms with Crippen LogP contribution in [-0.2, 0) is 0 Å². The smallest absolute Gasteiger partial charge is 0.0247 e. The van der Waals surface area contributed by atoms with Crippen molar-refractivity contribution in [2.45, 2.75) is 6.42 Å². The van der Waals surface area contributed by atoms with Gasteiger partial charge in [0.05, 0.1) is 0 Å². The summed E-state index contributed by atoms with van der Waals surface area (Å²) in [6.07, 6.45) is 3.45. The van der Waals surface area contributed by atoms with Gasteiger partial charge in [-0.2, -0.15) is 0 Å². The van der Waals surface area contributed by atoms with Gasteiger partial charge in [0, 0.05) is 11.0 Å². The van der Waals surface area contributed by atoms with E-state index in [2.05, 4.69) is 45.5 Å². The molecule has 1 aromatic rings. The van der Waals surface area contributed by atoms with Crippen molar-refractivity contribution in [2.24, 2.45) is 0 Å². The van der Waals surface area contributed by atoms with Crippen LogP contribution in [0.5, 0.6) is 0 Å². The van der Waals surface area contributed by atoms with Crippen LogP contribution in [0.4, 0.5) is 0 Å². The van der Waals surface area contributed by atoms with Gasteiger partial charge < -0.3 is 5.32 Å². The predicted octanol–water partition coefficient (Wildman–Crippen LogP) is 2.83. The number of benzene rings is 1. The number of hydrogen-bond acceptors (Lipinski definition) is 1. The van der Waals surface area contributed by atoms with Gasteiger partial charge >= 0.3 is 0 Å². The lowest BCUT2D eigenvalue weighted by atomic mass is 10.1. The molecule has 0 saturated carbocycles. The van der Waals surface area contributed by atoms with Crippen molar-refractivity contribution in [2.75, 3.05) is 13.1 Å². The fraction of sp³-hybridized carbons (Fsp3) is 0.273. The van der Waals surface area contributed by atoms with E-state index >= 15 is 0 Å². The maximum atomic E-state index is 3.54. The van der Waals surface area contributed by atoms with Crippen LogP contribution < -0.4 is 5.32 Å². The Hall–Kier alpha value is -0.600. The van der Waals surface area contributed by atoms with Gasteiger partial charge in [0.25, 0.3) is 0 Å². The molecule has 0 bridgehead atoms. The molecular formula is C11H12BrN. The Bertz CT molecular complexity index is 323. The summed E-state index contributed by atoms with van der Waals surface area (Å²) < 4.78 is 1.18. The quantitative estimate of drug-likeness (QED) is 0.793. The van der Waals surface area contributed by atoms with Gasteiger partial charge in [0.1, 0.15) is 0 Å². The fourth-order valence-corrected chi connectivity index (χ4v) is 1.92. The average molecular weight is 238 g/mol. The number of rotatable bonds is 1. The first-order chi connectivity index (χ1) is 6.36. The van der Waals surface area contributed by atoms with E-state index in [9.17, 15) is 0 Å². The minimum absolute atomic E-state index is 1.04. The Kier molecular flexibility index (Phi) is 2.81. The highest BCUT2D eigenvalue weighted by atomic mass is 79.9. The van der Waals surface area contributed by atoms with E-state index in [0.29, 0.717) is 0 Å². The summed E-state index contributed by atoms with van der Waals surface area (Å²) in [6.45, 7) is 2.16. The lowest BCUT2D eigenvalue weighted by Crippen LogP contribution is -2.04. The summed E-state index contributed by atoms with van der Waals surface area (Å²) in [6, 6.07) is 8.32. The van der Waals surface area contributed by atoms with Crippen LogP contribution >= 0.6 is 15.9 Å². The Balaban J connectivity index is 2.25. The highest BCUT2D eigenvalue weighted by Gasteiger charge is 2.05. The van der Waals surface area contributed by atoms with Crippen LogP contribution in [0.25, 0.3) is 6.08 Å². The Morgan fingerprint density at radius 1 is 1.31 bits per heavy atom. The maximum Gasteiger partial charge on any atom is 0.0247 e. The topological polar surface area (TPSA) is 12.0 Å². The lowest BCUT2D eigenvalue weighted by Gasteiger charge is -1.99. The van der Waals surface area contributed by atoms with Crippen LogP contribution in [0, 0.1) is 0 Å². The maximum absolute atomic E-state index is 3.54. The Morgan fingerprint density at radius 3 is 2.85 bits per heavy atom. The fourth-order valence-electron chi connectivity index (χ4n) is 1.52. The minimum Gasteiger partial charge on any atom is -0.313 e. The second-order valence-corrected chi connectivity index (χ2v) is 4.11. The molecule has 2 heteroatoms. The molecule has 1 aliphatic rings. The highest BCUT2D eigenvalue weighted by molar-refractivity contribution is 9.10. The largest absolute Gasteiger partial charge is 0.313 e. The summed E-state index contributed by atoms with van der Waals surface area (Å²) in [5, 5.41) is 3.33. The van der Waals surface area contributed by atoms with Gasteiger partial charge in [-0.05, 0) is 24.6 Å². The summed E-state index contributed by atoms with van der Waals surface area (Å²) in [5.41, 5.74) is 2.77. The summed E-state index contributed by atoms with van der Waals surface area (Å²) in [4.78, 5) is 0. The SMILES string of the molecule is Brc1ccccc1C=C1CCNC1. The van der Waals surface area contributed by atoms with Crippen molar-refractivity contribution in [3.63, 3.8) is 0 Å². The van der Waals surface area contributed by atoms with Gasteiger partial charge in [0.2, 0.25) is 0 Å². The molecule has 0 unspecified atom stereocenters. The Morgan fingerprint density at radius 2 is 2.15 bits per heavy atom. The molecule has 1 aliphatic heterocycles. The molecule has 13 heavy (non-hydrogen) atoms. The molecule has 1 saturated heterocycles. The van der Waals surface area contributed by atoms with Crippen LogP contribution in [-0.4, -0.2) is 13.1 Å². The summed E-state index contributed by atoms with van der Waals surface area (Å²) in [5.74, 6) is 0. The molecule has 0 radical (unpaired) electrons. The van der Waals surface area contributed by atoms with Gasteiger partial charge in [-0.25, -0.2) is 0 Å². The molecule has 0 aromatic heterocycles. The molecule has 1 aromatic carbocycles. The van der Waals surface area contributed by atoms with E-state index in [0.717, 1.165) is 13.1 Å². The summed E-state index contributed by atoms with van der Waals surface area (Å²) in [7, 11) is 0. The zero-order chi connectivity index (χ0) is 9.10. The molecule has 0 spiro atoms. The monoisotopic (exact) mass is 237 g/mol. The zero-order valence-electron chi connectivity index (χ0n) is 7.39. The van der Waals surface area contributed by atoms with Crippen molar-refractivity contribution in [3.8, 4) is 0 Å². The van der Waals surface area contributed by atoms with Crippen molar-refractivity contribution < 1.29 is 0 Å². The van der Waals surface area contributed by atoms with Crippen molar-refractivity contribution >= 4 is 22.0 Å². The molecule has 1 N–H and O–H groups in total. The Labute approximate surface area is 87.0 Å². The third-order valence-corrected chi connectivity index (χ3v) is 2.96.